The van der Waals surface area contributed by atoms with Gasteiger partial charge >= 0.3 is 0 Å². The molecule has 1 heterocycles. The summed E-state index contributed by atoms with van der Waals surface area (Å²) in [7, 11) is 0. The molecule has 20 heavy (non-hydrogen) atoms. The molecule has 8 heteroatoms. The average Bonchev–Trinajstić information content (AvgIpc) is 2.70. The molecular weight excluding hydrogens is 280 g/mol. The zero-order chi connectivity index (χ0) is 14.7. The van der Waals surface area contributed by atoms with Gasteiger partial charge in [0.05, 0.1) is 16.8 Å². The Balaban J connectivity index is 2.14. The molecule has 0 spiro atoms. The van der Waals surface area contributed by atoms with Gasteiger partial charge in [-0.25, -0.2) is 4.98 Å². The van der Waals surface area contributed by atoms with Crippen LogP contribution in [0.2, 0.25) is 0 Å². The Bertz CT molecular complexity index is 662. The number of nitrogens with zero attached hydrogens (tertiary/aromatic N) is 3. The zero-order valence-corrected chi connectivity index (χ0v) is 11.6. The second-order valence-electron chi connectivity index (χ2n) is 4.01. The zero-order valence-electron chi connectivity index (χ0n) is 10.8. The molecule has 0 radical (unpaired) electrons. The van der Waals surface area contributed by atoms with Crippen LogP contribution in [0.25, 0.3) is 0 Å². The molecule has 0 saturated heterocycles. The number of hydrogen-bond acceptors (Lipinski definition) is 7. The van der Waals surface area contributed by atoms with E-state index in [0.717, 1.165) is 16.6 Å². The van der Waals surface area contributed by atoms with Gasteiger partial charge in [0.1, 0.15) is 0 Å². The Hall–Kier alpha value is -2.48. The quantitative estimate of drug-likeness (QED) is 0.528. The molecule has 0 aliphatic rings. The predicted molar refractivity (Wildman–Crippen MR) is 75.3 cm³/mol. The predicted octanol–water partition coefficient (Wildman–Crippen LogP) is 2.19. The van der Waals surface area contributed by atoms with Crippen LogP contribution >= 0.6 is 11.3 Å². The Kier molecular flexibility index (Phi) is 3.94. The third-order valence-electron chi connectivity index (χ3n) is 2.60. The summed E-state index contributed by atoms with van der Waals surface area (Å²) in [6.45, 7) is 3.83. The lowest BCUT2D eigenvalue weighted by Crippen LogP contribution is -1.99. The van der Waals surface area contributed by atoms with Crippen molar-refractivity contribution >= 4 is 28.4 Å². The van der Waals surface area contributed by atoms with Gasteiger partial charge in [-0.3, -0.25) is 15.5 Å². The minimum Gasteiger partial charge on any atom is -0.872 e. The smallest absolute Gasteiger partial charge is 0.270 e. The van der Waals surface area contributed by atoms with Crippen molar-refractivity contribution in [3.63, 3.8) is 0 Å². The number of aromatic nitrogens is 1. The summed E-state index contributed by atoms with van der Waals surface area (Å²) >= 11 is 1.44. The lowest BCUT2D eigenvalue weighted by atomic mass is 10.2. The number of rotatable bonds is 4. The van der Waals surface area contributed by atoms with Gasteiger partial charge in [-0.15, -0.1) is 11.3 Å². The molecule has 0 aliphatic carbocycles. The number of nitrogens with one attached hydrogen (secondary N) is 1. The fourth-order valence-electron chi connectivity index (χ4n) is 1.43. The standard InChI is InChI=1S/C12H12N4O3S/c1-7-8(2)20-12(14-7)15-13-6-9-5-10(16(18)19)3-4-11(9)17/h3-6,17H,1-2H3,(H,14,15)/p-1/b13-6-. The minimum atomic E-state index is -0.558. The first-order valence-electron chi connectivity index (χ1n) is 5.66. The molecule has 0 saturated carbocycles. The van der Waals surface area contributed by atoms with E-state index < -0.39 is 4.92 Å². The van der Waals surface area contributed by atoms with E-state index in [1.54, 1.807) is 0 Å². The molecule has 2 rings (SSSR count). The molecule has 1 aromatic heterocycles. The van der Waals surface area contributed by atoms with Crippen molar-refractivity contribution < 1.29 is 10.0 Å². The Morgan fingerprint density at radius 3 is 2.80 bits per heavy atom. The van der Waals surface area contributed by atoms with Gasteiger partial charge in [-0.2, -0.15) is 5.10 Å². The van der Waals surface area contributed by atoms with Crippen molar-refractivity contribution in [2.24, 2.45) is 5.10 Å². The van der Waals surface area contributed by atoms with Crippen molar-refractivity contribution in [3.05, 3.63) is 44.4 Å². The SMILES string of the molecule is Cc1nc(N/N=C\c2cc([N+](=O)[O-])ccc2[O-])sc1C. The monoisotopic (exact) mass is 291 g/mol. The molecule has 0 atom stereocenters. The minimum absolute atomic E-state index is 0.146. The number of hydrogen-bond donors (Lipinski definition) is 1. The third-order valence-corrected chi connectivity index (χ3v) is 3.57. The summed E-state index contributed by atoms with van der Waals surface area (Å²) in [4.78, 5) is 15.4. The molecule has 0 amide bonds. The number of aryl methyl sites for hydroxylation is 2. The lowest BCUT2D eigenvalue weighted by Gasteiger charge is -2.08. The molecule has 1 aromatic carbocycles. The van der Waals surface area contributed by atoms with Gasteiger partial charge in [-0.05, 0) is 19.4 Å². The fourth-order valence-corrected chi connectivity index (χ4v) is 2.19. The maximum atomic E-state index is 11.5. The highest BCUT2D eigenvalue weighted by atomic mass is 32.1. The van der Waals surface area contributed by atoms with Crippen LogP contribution in [0.15, 0.2) is 23.3 Å². The van der Waals surface area contributed by atoms with Crippen LogP contribution in [0.3, 0.4) is 0 Å². The van der Waals surface area contributed by atoms with Gasteiger partial charge < -0.3 is 5.11 Å². The summed E-state index contributed by atoms with van der Waals surface area (Å²) in [5.41, 5.74) is 3.61. The Morgan fingerprint density at radius 1 is 1.45 bits per heavy atom. The number of non-ortho nitro benzene ring substituents is 1. The van der Waals surface area contributed by atoms with Gasteiger partial charge in [-0.1, -0.05) is 11.8 Å². The van der Waals surface area contributed by atoms with Gasteiger partial charge in [0.25, 0.3) is 5.69 Å². The molecule has 104 valence electrons. The van der Waals surface area contributed by atoms with Crippen LogP contribution in [0.5, 0.6) is 5.75 Å². The van der Waals surface area contributed by atoms with Crippen LogP contribution < -0.4 is 10.5 Å². The number of thiazole rings is 1. The van der Waals surface area contributed by atoms with E-state index in [1.807, 2.05) is 13.8 Å². The second-order valence-corrected chi connectivity index (χ2v) is 5.21. The first-order chi connectivity index (χ1) is 9.47. The normalized spacial score (nSPS) is 10.9. The van der Waals surface area contributed by atoms with E-state index >= 15 is 0 Å². The summed E-state index contributed by atoms with van der Waals surface area (Å²) in [6, 6.07) is 3.50. The number of benzene rings is 1. The largest absolute Gasteiger partial charge is 0.872 e. The first-order valence-corrected chi connectivity index (χ1v) is 6.47. The number of hydrazone groups is 1. The van der Waals surface area contributed by atoms with Crippen molar-refractivity contribution in [2.75, 3.05) is 5.43 Å². The Labute approximate surface area is 118 Å². The maximum Gasteiger partial charge on any atom is 0.270 e. The highest BCUT2D eigenvalue weighted by Crippen LogP contribution is 2.22. The topological polar surface area (TPSA) is 103 Å². The van der Waals surface area contributed by atoms with Crippen LogP contribution in [0.1, 0.15) is 16.1 Å². The highest BCUT2D eigenvalue weighted by Gasteiger charge is 2.05. The fraction of sp³-hybridized carbons (Fsp3) is 0.167. The van der Waals surface area contributed by atoms with Gasteiger partial charge in [0.15, 0.2) is 0 Å². The van der Waals surface area contributed by atoms with Crippen LogP contribution in [0, 0.1) is 24.0 Å². The second kappa shape index (κ2) is 5.66. The molecule has 0 aliphatic heterocycles. The van der Waals surface area contributed by atoms with E-state index in [4.69, 9.17) is 0 Å². The molecule has 2 aromatic rings. The molecule has 0 unspecified atom stereocenters. The van der Waals surface area contributed by atoms with Crippen LogP contribution in [0.4, 0.5) is 10.8 Å². The van der Waals surface area contributed by atoms with Crippen molar-refractivity contribution in [3.8, 4) is 5.75 Å². The van der Waals surface area contributed by atoms with Crippen molar-refractivity contribution in [1.82, 2.24) is 4.98 Å². The Morgan fingerprint density at radius 2 is 2.20 bits per heavy atom. The van der Waals surface area contributed by atoms with Crippen molar-refractivity contribution in [2.45, 2.75) is 13.8 Å². The maximum absolute atomic E-state index is 11.5. The van der Waals surface area contributed by atoms with Crippen molar-refractivity contribution in [1.29, 1.82) is 0 Å². The van der Waals surface area contributed by atoms with E-state index in [0.29, 0.717) is 5.13 Å². The average molecular weight is 291 g/mol. The summed E-state index contributed by atoms with van der Waals surface area (Å²) < 4.78 is 0. The summed E-state index contributed by atoms with van der Waals surface area (Å²) in [5.74, 6) is -0.326. The van der Waals surface area contributed by atoms with E-state index in [9.17, 15) is 15.2 Å². The van der Waals surface area contributed by atoms with Gasteiger partial charge in [0.2, 0.25) is 5.13 Å². The molecule has 7 nitrogen and oxygen atoms in total. The van der Waals surface area contributed by atoms with E-state index in [1.165, 1.54) is 29.7 Å². The number of anilines is 1. The highest BCUT2D eigenvalue weighted by molar-refractivity contribution is 7.15. The van der Waals surface area contributed by atoms with Crippen LogP contribution in [-0.2, 0) is 0 Å². The third kappa shape index (κ3) is 3.09. The molecule has 0 fully saturated rings. The summed E-state index contributed by atoms with van der Waals surface area (Å²) in [5, 5.41) is 26.7. The lowest BCUT2D eigenvalue weighted by molar-refractivity contribution is -0.385. The number of nitro groups is 1. The molecule has 1 N–H and O–H groups in total. The number of nitro benzene ring substituents is 1. The van der Waals surface area contributed by atoms with E-state index in [2.05, 4.69) is 15.5 Å². The first kappa shape index (κ1) is 13.9. The molecular formula is C12H11N4O3S-. The molecule has 0 bridgehead atoms. The van der Waals surface area contributed by atoms with E-state index in [-0.39, 0.29) is 17.0 Å². The van der Waals surface area contributed by atoms with Gasteiger partial charge in [0, 0.05) is 17.0 Å². The summed E-state index contributed by atoms with van der Waals surface area (Å²) in [6.07, 6.45) is 1.25. The van der Waals surface area contributed by atoms with Crippen LogP contribution in [-0.4, -0.2) is 16.1 Å².